The predicted molar refractivity (Wildman–Crippen MR) is 64.4 cm³/mol. The molecule has 1 aromatic carbocycles. The monoisotopic (exact) mass is 285 g/mol. The van der Waals surface area contributed by atoms with Crippen molar-refractivity contribution in [1.82, 2.24) is 0 Å². The molecule has 7 nitrogen and oxygen atoms in total. The Morgan fingerprint density at radius 1 is 1.32 bits per heavy atom. The number of carboxylic acids is 1. The standard InChI is InChI=1S/C11H11NO6S/c13-10-5-7(11(14)15)6-12(10)8-3-1-2-4-9(8)19(16,17)18/h1-4,7H,5-6H2,(H,14,15)(H,16,17,18). The van der Waals surface area contributed by atoms with Crippen molar-refractivity contribution in [2.45, 2.75) is 11.3 Å². The van der Waals surface area contributed by atoms with E-state index in [2.05, 4.69) is 0 Å². The number of carboxylic acid groups (broad SMARTS) is 1. The van der Waals surface area contributed by atoms with Crippen LogP contribution in [0.2, 0.25) is 0 Å². The number of carbonyl (C=O) groups excluding carboxylic acids is 1. The van der Waals surface area contributed by atoms with E-state index < -0.39 is 32.8 Å². The molecule has 2 N–H and O–H groups in total. The minimum absolute atomic E-state index is 0.00116. The van der Waals surface area contributed by atoms with E-state index in [4.69, 9.17) is 9.66 Å². The Morgan fingerprint density at radius 3 is 2.47 bits per heavy atom. The van der Waals surface area contributed by atoms with E-state index in [1.807, 2.05) is 0 Å². The maximum atomic E-state index is 11.8. The van der Waals surface area contributed by atoms with Crippen LogP contribution in [-0.2, 0) is 19.7 Å². The summed E-state index contributed by atoms with van der Waals surface area (Å²) in [7, 11) is -4.47. The van der Waals surface area contributed by atoms with Gasteiger partial charge >= 0.3 is 5.97 Å². The van der Waals surface area contributed by atoms with Crippen LogP contribution in [0.5, 0.6) is 0 Å². The summed E-state index contributed by atoms with van der Waals surface area (Å²) in [6.07, 6.45) is -0.185. The van der Waals surface area contributed by atoms with Crippen LogP contribution >= 0.6 is 0 Å². The zero-order valence-corrected chi connectivity index (χ0v) is 10.5. The summed E-state index contributed by atoms with van der Waals surface area (Å²) in [5.74, 6) is -2.47. The minimum atomic E-state index is -4.47. The lowest BCUT2D eigenvalue weighted by atomic mass is 10.1. The number of benzene rings is 1. The van der Waals surface area contributed by atoms with Gasteiger partial charge in [-0.1, -0.05) is 12.1 Å². The summed E-state index contributed by atoms with van der Waals surface area (Å²) in [6, 6.07) is 5.42. The number of aliphatic carboxylic acids is 1. The molecule has 1 aliphatic rings. The van der Waals surface area contributed by atoms with Gasteiger partial charge < -0.3 is 10.0 Å². The predicted octanol–water partition coefficient (Wildman–Crippen LogP) is 0.371. The van der Waals surface area contributed by atoms with Crippen molar-refractivity contribution in [3.05, 3.63) is 24.3 Å². The molecule has 0 radical (unpaired) electrons. The molecule has 1 unspecified atom stereocenters. The first-order chi connectivity index (χ1) is 8.80. The van der Waals surface area contributed by atoms with Gasteiger partial charge in [-0.15, -0.1) is 0 Å². The van der Waals surface area contributed by atoms with Crippen LogP contribution in [0.25, 0.3) is 0 Å². The Morgan fingerprint density at radius 2 is 1.95 bits per heavy atom. The normalized spacial score (nSPS) is 19.7. The van der Waals surface area contributed by atoms with Gasteiger partial charge in [-0.3, -0.25) is 14.1 Å². The topological polar surface area (TPSA) is 112 Å². The van der Waals surface area contributed by atoms with Crippen LogP contribution in [-0.4, -0.2) is 36.5 Å². The van der Waals surface area contributed by atoms with Crippen LogP contribution in [0.15, 0.2) is 29.2 Å². The lowest BCUT2D eigenvalue weighted by molar-refractivity contribution is -0.141. The molecular formula is C11H11NO6S. The molecule has 1 saturated heterocycles. The van der Waals surface area contributed by atoms with Crippen LogP contribution in [0, 0.1) is 5.92 Å². The van der Waals surface area contributed by atoms with Gasteiger partial charge in [-0.05, 0) is 12.1 Å². The Labute approximate surface area is 109 Å². The quantitative estimate of drug-likeness (QED) is 0.776. The fraction of sp³-hybridized carbons (Fsp3) is 0.273. The first-order valence-electron chi connectivity index (χ1n) is 5.40. The smallest absolute Gasteiger partial charge is 0.308 e. The number of carbonyl (C=O) groups is 2. The fourth-order valence-corrected chi connectivity index (χ4v) is 2.70. The van der Waals surface area contributed by atoms with E-state index in [0.717, 1.165) is 11.0 Å². The lowest BCUT2D eigenvalue weighted by Gasteiger charge is -2.18. The van der Waals surface area contributed by atoms with Crippen LogP contribution < -0.4 is 4.90 Å². The number of hydrogen-bond donors (Lipinski definition) is 2. The molecule has 1 atom stereocenters. The van der Waals surface area contributed by atoms with Gasteiger partial charge in [0.1, 0.15) is 4.90 Å². The molecule has 0 aliphatic carbocycles. The third-order valence-corrected chi connectivity index (χ3v) is 3.81. The third-order valence-electron chi connectivity index (χ3n) is 2.91. The maximum Gasteiger partial charge on any atom is 0.308 e. The Balaban J connectivity index is 2.44. The number of hydrogen-bond acceptors (Lipinski definition) is 4. The van der Waals surface area contributed by atoms with Crippen molar-refractivity contribution >= 4 is 27.7 Å². The molecule has 8 heteroatoms. The fourth-order valence-electron chi connectivity index (χ4n) is 2.00. The zero-order chi connectivity index (χ0) is 14.2. The summed E-state index contributed by atoms with van der Waals surface area (Å²) in [5, 5.41) is 8.88. The first-order valence-corrected chi connectivity index (χ1v) is 6.84. The van der Waals surface area contributed by atoms with Crippen molar-refractivity contribution in [3.8, 4) is 0 Å². The van der Waals surface area contributed by atoms with Crippen molar-refractivity contribution in [3.63, 3.8) is 0 Å². The second-order valence-corrected chi connectivity index (χ2v) is 5.58. The maximum absolute atomic E-state index is 11.8. The van der Waals surface area contributed by atoms with Gasteiger partial charge in [0.05, 0.1) is 11.6 Å². The van der Waals surface area contributed by atoms with Crippen LogP contribution in [0.3, 0.4) is 0 Å². The molecule has 1 fully saturated rings. The number of para-hydroxylation sites is 1. The van der Waals surface area contributed by atoms with Crippen LogP contribution in [0.4, 0.5) is 5.69 Å². The highest BCUT2D eigenvalue weighted by Crippen LogP contribution is 2.30. The summed E-state index contributed by atoms with van der Waals surface area (Å²) in [4.78, 5) is 23.3. The molecule has 102 valence electrons. The lowest BCUT2D eigenvalue weighted by Crippen LogP contribution is -2.27. The SMILES string of the molecule is O=C(O)C1CC(=O)N(c2ccccc2S(=O)(=O)O)C1. The highest BCUT2D eigenvalue weighted by atomic mass is 32.2. The Hall–Kier alpha value is -1.93. The molecule has 0 aromatic heterocycles. The van der Waals surface area contributed by atoms with E-state index in [0.29, 0.717) is 0 Å². The largest absolute Gasteiger partial charge is 0.481 e. The molecule has 0 spiro atoms. The van der Waals surface area contributed by atoms with Crippen molar-refractivity contribution in [1.29, 1.82) is 0 Å². The summed E-state index contributed by atoms with van der Waals surface area (Å²) in [5.41, 5.74) is -0.00116. The molecule has 0 saturated carbocycles. The van der Waals surface area contributed by atoms with E-state index >= 15 is 0 Å². The van der Waals surface area contributed by atoms with Crippen molar-refractivity contribution < 1.29 is 27.7 Å². The second-order valence-electron chi connectivity index (χ2n) is 4.19. The number of anilines is 1. The summed E-state index contributed by atoms with van der Waals surface area (Å²) < 4.78 is 31.6. The van der Waals surface area contributed by atoms with E-state index in [1.165, 1.54) is 18.2 Å². The van der Waals surface area contributed by atoms with Crippen LogP contribution in [0.1, 0.15) is 6.42 Å². The highest BCUT2D eigenvalue weighted by molar-refractivity contribution is 7.86. The first kappa shape index (κ1) is 13.5. The average Bonchev–Trinajstić information content (AvgIpc) is 2.70. The number of nitrogens with zero attached hydrogens (tertiary/aromatic N) is 1. The van der Waals surface area contributed by atoms with Crippen molar-refractivity contribution in [2.24, 2.45) is 5.92 Å². The molecular weight excluding hydrogens is 274 g/mol. The molecule has 0 bridgehead atoms. The van der Waals surface area contributed by atoms with Gasteiger partial charge in [0.15, 0.2) is 0 Å². The molecule has 1 aliphatic heterocycles. The molecule has 1 aromatic rings. The van der Waals surface area contributed by atoms with Crippen molar-refractivity contribution in [2.75, 3.05) is 11.4 Å². The number of amides is 1. The van der Waals surface area contributed by atoms with Gasteiger partial charge in [0.25, 0.3) is 10.1 Å². The second kappa shape index (κ2) is 4.63. The molecule has 2 rings (SSSR count). The third kappa shape index (κ3) is 2.59. The summed E-state index contributed by atoms with van der Waals surface area (Å²) in [6.45, 7) is -0.110. The molecule has 1 amide bonds. The van der Waals surface area contributed by atoms with E-state index in [1.54, 1.807) is 0 Å². The van der Waals surface area contributed by atoms with E-state index in [9.17, 15) is 18.0 Å². The molecule has 1 heterocycles. The van der Waals surface area contributed by atoms with E-state index in [-0.39, 0.29) is 18.7 Å². The Bertz CT molecular complexity index is 638. The zero-order valence-electron chi connectivity index (χ0n) is 9.68. The van der Waals surface area contributed by atoms with Gasteiger partial charge in [-0.2, -0.15) is 8.42 Å². The minimum Gasteiger partial charge on any atom is -0.481 e. The molecule has 19 heavy (non-hydrogen) atoms. The highest BCUT2D eigenvalue weighted by Gasteiger charge is 2.36. The van der Waals surface area contributed by atoms with Gasteiger partial charge in [0.2, 0.25) is 5.91 Å². The Kier molecular flexibility index (Phi) is 3.29. The van der Waals surface area contributed by atoms with Gasteiger partial charge in [0, 0.05) is 13.0 Å². The summed E-state index contributed by atoms with van der Waals surface area (Å²) >= 11 is 0. The average molecular weight is 285 g/mol. The number of rotatable bonds is 3. The van der Waals surface area contributed by atoms with Gasteiger partial charge in [-0.25, -0.2) is 0 Å².